The molecule has 0 spiro atoms. The van der Waals surface area contributed by atoms with Crippen LogP contribution in [0.5, 0.6) is 11.5 Å². The van der Waals surface area contributed by atoms with Crippen LogP contribution < -0.4 is 56.5 Å². The van der Waals surface area contributed by atoms with E-state index in [-0.39, 0.29) is 80.6 Å². The summed E-state index contributed by atoms with van der Waals surface area (Å²) < 4.78 is 5.57. The molecule has 0 fully saturated rings. The molecule has 5 heteroatoms. The van der Waals surface area contributed by atoms with E-state index in [1.807, 2.05) is 61.5 Å². The van der Waals surface area contributed by atoms with E-state index in [9.17, 15) is 15.3 Å². The van der Waals surface area contributed by atoms with Crippen molar-refractivity contribution in [3.8, 4) is 11.5 Å². The van der Waals surface area contributed by atoms with Crippen molar-refractivity contribution in [2.75, 3.05) is 7.11 Å². The molecular weight excluding hydrogens is 367 g/mol. The van der Waals surface area contributed by atoms with Crippen molar-refractivity contribution in [1.29, 1.82) is 0 Å². The van der Waals surface area contributed by atoms with Gasteiger partial charge < -0.3 is 20.1 Å². The molecule has 0 aromatic heterocycles. The second-order valence-corrected chi connectivity index (χ2v) is 7.94. The molecule has 0 aliphatic heterocycles. The van der Waals surface area contributed by atoms with Gasteiger partial charge in [0.1, 0.15) is 0 Å². The van der Waals surface area contributed by atoms with E-state index in [2.05, 4.69) is 0 Å². The minimum absolute atomic E-state index is 0. The molecule has 0 heterocycles. The Balaban J connectivity index is 0.00000218. The maximum Gasteiger partial charge on any atom is 1.00 e. The molecular formula is C22H37KO4. The van der Waals surface area contributed by atoms with Crippen molar-refractivity contribution in [3.05, 3.63) is 22.8 Å². The Morgan fingerprint density at radius 3 is 2.04 bits per heavy atom. The SMILES string of the molecule is CC.CCC1(C)c2c(cc(C(C)C)c(O)c2O)C(OC)C([O-])C1C(C)C.[K+]. The number of aromatic hydroxyl groups is 2. The van der Waals surface area contributed by atoms with Crippen LogP contribution in [0.4, 0.5) is 0 Å². The minimum atomic E-state index is -0.906. The number of methoxy groups -OCH3 is 1. The largest absolute Gasteiger partial charge is 1.00 e. The van der Waals surface area contributed by atoms with Crippen molar-refractivity contribution in [3.63, 3.8) is 0 Å². The monoisotopic (exact) mass is 404 g/mol. The first-order valence-corrected chi connectivity index (χ1v) is 9.89. The van der Waals surface area contributed by atoms with E-state index >= 15 is 0 Å². The maximum atomic E-state index is 13.2. The van der Waals surface area contributed by atoms with Crippen molar-refractivity contribution in [2.45, 2.75) is 85.4 Å². The molecule has 0 saturated heterocycles. The van der Waals surface area contributed by atoms with Gasteiger partial charge in [0.2, 0.25) is 0 Å². The minimum Gasteiger partial charge on any atom is -0.850 e. The summed E-state index contributed by atoms with van der Waals surface area (Å²) in [6.45, 7) is 16.1. The Hall–Kier alpha value is 0.376. The first kappa shape index (κ1) is 27.4. The van der Waals surface area contributed by atoms with Gasteiger partial charge in [-0.2, -0.15) is 0 Å². The van der Waals surface area contributed by atoms with Crippen molar-refractivity contribution in [1.82, 2.24) is 0 Å². The predicted molar refractivity (Wildman–Crippen MR) is 105 cm³/mol. The fourth-order valence-electron chi connectivity index (χ4n) is 4.65. The van der Waals surface area contributed by atoms with Crippen LogP contribution >= 0.6 is 0 Å². The van der Waals surface area contributed by atoms with Gasteiger partial charge in [0, 0.05) is 18.2 Å². The van der Waals surface area contributed by atoms with E-state index in [0.29, 0.717) is 17.5 Å². The third-order valence-electron chi connectivity index (χ3n) is 5.93. The quantitative estimate of drug-likeness (QED) is 0.591. The van der Waals surface area contributed by atoms with E-state index in [4.69, 9.17) is 4.74 Å². The number of phenols is 2. The predicted octanol–water partition coefficient (Wildman–Crippen LogP) is 1.62. The first-order chi connectivity index (χ1) is 12.1. The normalized spacial score (nSPS) is 26.9. The Morgan fingerprint density at radius 1 is 1.15 bits per heavy atom. The Bertz CT molecular complexity index is 615. The Labute approximate surface area is 208 Å². The van der Waals surface area contributed by atoms with E-state index in [1.165, 1.54) is 0 Å². The summed E-state index contributed by atoms with van der Waals surface area (Å²) in [7, 11) is 1.55. The molecule has 1 aliphatic rings. The van der Waals surface area contributed by atoms with Gasteiger partial charge in [-0.05, 0) is 41.2 Å². The van der Waals surface area contributed by atoms with Crippen LogP contribution in [0.15, 0.2) is 6.07 Å². The van der Waals surface area contributed by atoms with Crippen LogP contribution in [0, 0.1) is 11.8 Å². The molecule has 2 rings (SSSR count). The maximum absolute atomic E-state index is 13.2. The average molecular weight is 405 g/mol. The van der Waals surface area contributed by atoms with Gasteiger partial charge in [-0.25, -0.2) is 0 Å². The molecule has 1 aromatic carbocycles. The molecule has 4 nitrogen and oxygen atoms in total. The summed E-state index contributed by atoms with van der Waals surface area (Å²) in [5.74, 6) is -0.144. The number of rotatable bonds is 4. The van der Waals surface area contributed by atoms with Gasteiger partial charge in [0.05, 0.1) is 6.10 Å². The van der Waals surface area contributed by atoms with Crippen LogP contribution in [0.25, 0.3) is 0 Å². The first-order valence-electron chi connectivity index (χ1n) is 9.89. The molecule has 27 heavy (non-hydrogen) atoms. The van der Waals surface area contributed by atoms with Crippen molar-refractivity contribution >= 4 is 0 Å². The molecule has 1 aromatic rings. The zero-order chi connectivity index (χ0) is 20.4. The van der Waals surface area contributed by atoms with Crippen LogP contribution in [-0.2, 0) is 10.2 Å². The van der Waals surface area contributed by atoms with Crippen molar-refractivity contribution in [2.24, 2.45) is 11.8 Å². The second kappa shape index (κ2) is 11.0. The van der Waals surface area contributed by atoms with E-state index < -0.39 is 17.6 Å². The zero-order valence-corrected chi connectivity index (χ0v) is 22.0. The second-order valence-electron chi connectivity index (χ2n) is 7.94. The van der Waals surface area contributed by atoms with Crippen LogP contribution in [0.2, 0.25) is 0 Å². The van der Waals surface area contributed by atoms with Gasteiger partial charge >= 0.3 is 51.4 Å². The standard InChI is InChI=1S/C20H31O4.C2H6.K/c1-8-20(6)14(11(4)5)18(23)19(24-7)13-9-12(10(2)3)16(21)17(22)15(13)20;1-2;/h9-11,14,18-19,21-22H,8H2,1-7H3;1-2H3;/q-1;;+1. The Morgan fingerprint density at radius 2 is 1.67 bits per heavy atom. The summed E-state index contributed by atoms with van der Waals surface area (Å²) in [6.07, 6.45) is -0.807. The summed E-state index contributed by atoms with van der Waals surface area (Å²) in [5.41, 5.74) is 1.58. The summed E-state index contributed by atoms with van der Waals surface area (Å²) >= 11 is 0. The molecule has 0 radical (unpaired) electrons. The van der Waals surface area contributed by atoms with Gasteiger partial charge in [-0.1, -0.05) is 61.5 Å². The number of phenolic OH excluding ortho intramolecular Hbond substituents is 2. The molecule has 4 atom stereocenters. The van der Waals surface area contributed by atoms with Crippen molar-refractivity contribution < 1.29 is 71.4 Å². The summed E-state index contributed by atoms with van der Waals surface area (Å²) in [6, 6.07) is 1.86. The van der Waals surface area contributed by atoms with E-state index in [1.54, 1.807) is 7.11 Å². The van der Waals surface area contributed by atoms with Crippen LogP contribution in [0.3, 0.4) is 0 Å². The summed E-state index contributed by atoms with van der Waals surface area (Å²) in [4.78, 5) is 0. The topological polar surface area (TPSA) is 72.8 Å². The molecule has 4 unspecified atom stereocenters. The Kier molecular flexibility index (Phi) is 11.1. The number of hydrogen-bond acceptors (Lipinski definition) is 4. The third-order valence-corrected chi connectivity index (χ3v) is 5.93. The molecule has 2 N–H and O–H groups in total. The number of fused-ring (bicyclic) bond motifs is 1. The van der Waals surface area contributed by atoms with Gasteiger partial charge in [0.25, 0.3) is 0 Å². The molecule has 0 amide bonds. The number of ether oxygens (including phenoxy) is 1. The molecule has 0 saturated carbocycles. The fraction of sp³-hybridized carbons (Fsp3) is 0.727. The zero-order valence-electron chi connectivity index (χ0n) is 18.9. The van der Waals surface area contributed by atoms with Crippen LogP contribution in [-0.4, -0.2) is 23.4 Å². The van der Waals surface area contributed by atoms with E-state index in [0.717, 1.165) is 5.56 Å². The van der Waals surface area contributed by atoms with Gasteiger partial charge in [0.15, 0.2) is 11.5 Å². The van der Waals surface area contributed by atoms with Crippen LogP contribution in [0.1, 0.15) is 90.5 Å². The number of benzene rings is 1. The van der Waals surface area contributed by atoms with Gasteiger partial charge in [-0.3, -0.25) is 0 Å². The average Bonchev–Trinajstić information content (AvgIpc) is 2.59. The summed E-state index contributed by atoms with van der Waals surface area (Å²) in [5, 5.41) is 34.6. The molecule has 150 valence electrons. The third kappa shape index (κ3) is 4.76. The number of hydrogen-bond donors (Lipinski definition) is 2. The molecule has 0 bridgehead atoms. The molecule has 1 aliphatic carbocycles. The van der Waals surface area contributed by atoms with Gasteiger partial charge in [-0.15, -0.1) is 0 Å². The smallest absolute Gasteiger partial charge is 0.850 e. The fourth-order valence-corrected chi connectivity index (χ4v) is 4.65.